The maximum absolute atomic E-state index is 12.4. The Morgan fingerprint density at radius 1 is 1.48 bits per heavy atom. The molecule has 1 aromatic rings. The molecule has 2 N–H and O–H groups in total. The maximum atomic E-state index is 12.4. The van der Waals surface area contributed by atoms with Crippen molar-refractivity contribution >= 4 is 17.7 Å². The van der Waals surface area contributed by atoms with Crippen LogP contribution >= 0.6 is 11.8 Å². The quantitative estimate of drug-likeness (QED) is 0.777. The first kappa shape index (κ1) is 16.0. The number of amides is 1. The summed E-state index contributed by atoms with van der Waals surface area (Å²) in [5, 5.41) is 8.95. The Labute approximate surface area is 129 Å². The van der Waals surface area contributed by atoms with Crippen LogP contribution in [0.25, 0.3) is 0 Å². The Morgan fingerprint density at radius 3 is 2.86 bits per heavy atom. The Hall–Kier alpha value is -1.34. The Kier molecular flexibility index (Phi) is 5.81. The van der Waals surface area contributed by atoms with E-state index >= 15 is 0 Å². The molecule has 1 aromatic heterocycles. The largest absolute Gasteiger partial charge is 0.324 e. The molecule has 6 nitrogen and oxygen atoms in total. The molecule has 7 heteroatoms. The number of thioether (sulfide) groups is 1. The van der Waals surface area contributed by atoms with Crippen LogP contribution in [0, 0.1) is 0 Å². The molecule has 21 heavy (non-hydrogen) atoms. The highest BCUT2D eigenvalue weighted by Gasteiger charge is 2.20. The minimum atomic E-state index is 0.135. The van der Waals surface area contributed by atoms with Gasteiger partial charge in [-0.3, -0.25) is 4.79 Å². The van der Waals surface area contributed by atoms with Gasteiger partial charge in [0.2, 0.25) is 5.91 Å². The van der Waals surface area contributed by atoms with Crippen molar-refractivity contribution in [2.24, 2.45) is 5.73 Å². The van der Waals surface area contributed by atoms with E-state index in [1.54, 1.807) is 0 Å². The topological polar surface area (TPSA) is 77.0 Å². The van der Waals surface area contributed by atoms with Gasteiger partial charge >= 0.3 is 0 Å². The third kappa shape index (κ3) is 3.65. The predicted octanol–water partition coefficient (Wildman–Crippen LogP) is 1.77. The zero-order chi connectivity index (χ0) is 15.2. The summed E-state index contributed by atoms with van der Waals surface area (Å²) >= 11 is 1.43. The van der Waals surface area contributed by atoms with Gasteiger partial charge in [0.15, 0.2) is 5.16 Å². The molecule has 0 spiro atoms. The minimum absolute atomic E-state index is 0.135. The van der Waals surface area contributed by atoms with Crippen molar-refractivity contribution < 1.29 is 4.79 Å². The van der Waals surface area contributed by atoms with Gasteiger partial charge < -0.3 is 15.2 Å². The molecule has 0 radical (unpaired) electrons. The molecule has 0 unspecified atom stereocenters. The number of hydrogen-bond donors (Lipinski definition) is 1. The van der Waals surface area contributed by atoms with Crippen LogP contribution in [0.15, 0.2) is 16.9 Å². The Balaban J connectivity index is 1.98. The highest BCUT2D eigenvalue weighted by Crippen LogP contribution is 2.23. The molecule has 116 valence electrons. The van der Waals surface area contributed by atoms with Gasteiger partial charge in [-0.2, -0.15) is 0 Å². The van der Waals surface area contributed by atoms with E-state index < -0.39 is 0 Å². The molecule has 0 atom stereocenters. The molecule has 0 saturated heterocycles. The lowest BCUT2D eigenvalue weighted by atomic mass is 10.3. The predicted molar refractivity (Wildman–Crippen MR) is 83.6 cm³/mol. The summed E-state index contributed by atoms with van der Waals surface area (Å²) in [7, 11) is 0. The SMILES string of the molecule is CCN(C(=O)CSc1nnc(CN)n1CC)C1=CCCC1. The Bertz CT molecular complexity index is 525. The highest BCUT2D eigenvalue weighted by atomic mass is 32.2. The lowest BCUT2D eigenvalue weighted by Gasteiger charge is -2.22. The normalized spacial score (nSPS) is 14.3. The van der Waals surface area contributed by atoms with E-state index in [-0.39, 0.29) is 5.91 Å². The van der Waals surface area contributed by atoms with E-state index in [4.69, 9.17) is 5.73 Å². The van der Waals surface area contributed by atoms with Crippen LogP contribution in [0.5, 0.6) is 0 Å². The third-order valence-electron chi connectivity index (χ3n) is 3.60. The second-order valence-electron chi connectivity index (χ2n) is 4.86. The van der Waals surface area contributed by atoms with Crippen LogP contribution in [0.3, 0.4) is 0 Å². The third-order valence-corrected chi connectivity index (χ3v) is 4.55. The first-order valence-corrected chi connectivity index (χ1v) is 8.44. The molecule has 0 aliphatic heterocycles. The van der Waals surface area contributed by atoms with Crippen LogP contribution in [0.4, 0.5) is 0 Å². The van der Waals surface area contributed by atoms with Crippen molar-refractivity contribution in [1.29, 1.82) is 0 Å². The second-order valence-corrected chi connectivity index (χ2v) is 5.80. The second kappa shape index (κ2) is 7.61. The fourth-order valence-electron chi connectivity index (χ4n) is 2.54. The average molecular weight is 309 g/mol. The van der Waals surface area contributed by atoms with Gasteiger partial charge in [0.1, 0.15) is 5.82 Å². The number of nitrogens with zero attached hydrogens (tertiary/aromatic N) is 4. The first-order chi connectivity index (χ1) is 10.2. The van der Waals surface area contributed by atoms with Gasteiger partial charge in [-0.05, 0) is 33.1 Å². The minimum Gasteiger partial charge on any atom is -0.324 e. The molecule has 0 bridgehead atoms. The average Bonchev–Trinajstić information content (AvgIpc) is 3.14. The number of aromatic nitrogens is 3. The molecule has 1 aliphatic carbocycles. The molecule has 0 fully saturated rings. The zero-order valence-corrected chi connectivity index (χ0v) is 13.5. The van der Waals surface area contributed by atoms with Crippen LogP contribution in [-0.2, 0) is 17.9 Å². The van der Waals surface area contributed by atoms with Crippen LogP contribution in [0.2, 0.25) is 0 Å². The van der Waals surface area contributed by atoms with Crippen molar-refractivity contribution in [3.63, 3.8) is 0 Å². The van der Waals surface area contributed by atoms with E-state index in [1.807, 2.05) is 23.3 Å². The molecule has 1 heterocycles. The van der Waals surface area contributed by atoms with Gasteiger partial charge in [-0.15, -0.1) is 10.2 Å². The van der Waals surface area contributed by atoms with Gasteiger partial charge in [-0.1, -0.05) is 17.8 Å². The summed E-state index contributed by atoms with van der Waals surface area (Å²) < 4.78 is 1.96. The Morgan fingerprint density at radius 2 is 2.29 bits per heavy atom. The van der Waals surface area contributed by atoms with Crippen LogP contribution in [0.1, 0.15) is 38.9 Å². The van der Waals surface area contributed by atoms with Crippen molar-refractivity contribution in [3.05, 3.63) is 17.6 Å². The molecule has 0 saturated carbocycles. The maximum Gasteiger partial charge on any atom is 0.237 e. The zero-order valence-electron chi connectivity index (χ0n) is 12.7. The summed E-state index contributed by atoms with van der Waals surface area (Å²) in [6, 6.07) is 0. The molecule has 1 amide bonds. The lowest BCUT2D eigenvalue weighted by molar-refractivity contribution is -0.126. The highest BCUT2D eigenvalue weighted by molar-refractivity contribution is 7.99. The number of carbonyl (C=O) groups is 1. The van der Waals surface area contributed by atoms with Crippen molar-refractivity contribution in [3.8, 4) is 0 Å². The smallest absolute Gasteiger partial charge is 0.237 e. The summed E-state index contributed by atoms with van der Waals surface area (Å²) in [5.41, 5.74) is 6.80. The number of hydrogen-bond acceptors (Lipinski definition) is 5. The van der Waals surface area contributed by atoms with E-state index in [2.05, 4.69) is 16.3 Å². The first-order valence-electron chi connectivity index (χ1n) is 7.45. The molecule has 0 aromatic carbocycles. The van der Waals surface area contributed by atoms with Crippen LogP contribution in [-0.4, -0.2) is 37.9 Å². The number of allylic oxidation sites excluding steroid dienone is 2. The molecular formula is C14H23N5OS. The van der Waals surface area contributed by atoms with Crippen LogP contribution < -0.4 is 5.73 Å². The lowest BCUT2D eigenvalue weighted by Crippen LogP contribution is -2.31. The van der Waals surface area contributed by atoms with Gasteiger partial charge in [-0.25, -0.2) is 0 Å². The van der Waals surface area contributed by atoms with E-state index in [9.17, 15) is 4.79 Å². The molecular weight excluding hydrogens is 286 g/mol. The van der Waals surface area contributed by atoms with E-state index in [0.717, 1.165) is 43.3 Å². The monoisotopic (exact) mass is 309 g/mol. The summed E-state index contributed by atoms with van der Waals surface area (Å²) in [6.45, 7) is 5.89. The fraction of sp³-hybridized carbons (Fsp3) is 0.643. The van der Waals surface area contributed by atoms with Gasteiger partial charge in [0.25, 0.3) is 0 Å². The summed E-state index contributed by atoms with van der Waals surface area (Å²) in [6.07, 6.45) is 5.41. The fourth-order valence-corrected chi connectivity index (χ4v) is 3.43. The molecule has 1 aliphatic rings. The summed E-state index contributed by atoms with van der Waals surface area (Å²) in [4.78, 5) is 14.3. The number of carbonyl (C=O) groups excluding carboxylic acids is 1. The standard InChI is InChI=1S/C14H23N5OS/c1-3-18(11-7-5-6-8-11)13(20)10-21-14-17-16-12(9-15)19(14)4-2/h7H,3-6,8-10,15H2,1-2H3. The van der Waals surface area contributed by atoms with Crippen molar-refractivity contribution in [2.75, 3.05) is 12.3 Å². The van der Waals surface area contributed by atoms with Gasteiger partial charge in [0.05, 0.1) is 12.3 Å². The van der Waals surface area contributed by atoms with Crippen molar-refractivity contribution in [2.45, 2.75) is 51.4 Å². The van der Waals surface area contributed by atoms with Gasteiger partial charge in [0, 0.05) is 18.8 Å². The number of rotatable bonds is 7. The summed E-state index contributed by atoms with van der Waals surface area (Å²) in [5.74, 6) is 1.28. The number of nitrogens with two attached hydrogens (primary N) is 1. The van der Waals surface area contributed by atoms with E-state index in [0.29, 0.717) is 12.3 Å². The van der Waals surface area contributed by atoms with Crippen molar-refractivity contribution in [1.82, 2.24) is 19.7 Å². The van der Waals surface area contributed by atoms with E-state index in [1.165, 1.54) is 17.5 Å². The molecule has 2 rings (SSSR count).